The van der Waals surface area contributed by atoms with Crippen molar-refractivity contribution < 1.29 is 23.1 Å². The van der Waals surface area contributed by atoms with Gasteiger partial charge < -0.3 is 9.94 Å². The molecule has 0 spiro atoms. The van der Waals surface area contributed by atoms with E-state index in [1.165, 1.54) is 0 Å². The van der Waals surface area contributed by atoms with Crippen LogP contribution in [0.1, 0.15) is 19.8 Å². The molecule has 1 rings (SSSR count). The van der Waals surface area contributed by atoms with Gasteiger partial charge in [0.1, 0.15) is 0 Å². The summed E-state index contributed by atoms with van der Waals surface area (Å²) in [6.45, 7) is 1.64. The molecular formula is C6H8F3NO2. The van der Waals surface area contributed by atoms with Gasteiger partial charge in [-0.1, -0.05) is 12.1 Å². The Labute approximate surface area is 66.8 Å². The van der Waals surface area contributed by atoms with Crippen LogP contribution < -0.4 is 0 Å². The third-order valence-electron chi connectivity index (χ3n) is 1.62. The highest BCUT2D eigenvalue weighted by Gasteiger charge is 2.60. The smallest absolute Gasteiger partial charge is 0.350 e. The average Bonchev–Trinajstić information content (AvgIpc) is 2.31. The lowest BCUT2D eigenvalue weighted by Crippen LogP contribution is -2.45. The lowest BCUT2D eigenvalue weighted by molar-refractivity contribution is -0.355. The molecule has 0 aromatic heterocycles. The normalized spacial score (nSPS) is 29.9. The van der Waals surface area contributed by atoms with Crippen LogP contribution in [0.15, 0.2) is 5.16 Å². The van der Waals surface area contributed by atoms with Gasteiger partial charge in [-0.25, -0.2) is 0 Å². The van der Waals surface area contributed by atoms with Crippen molar-refractivity contribution in [1.82, 2.24) is 0 Å². The van der Waals surface area contributed by atoms with E-state index in [1.807, 2.05) is 0 Å². The predicted octanol–water partition coefficient (Wildman–Crippen LogP) is 1.42. The standard InChI is InChI=1S/C6H8F3NO2/c1-2-4-3-5(11,12-10-4)6(7,8)9/h11H,2-3H2,1H3. The Morgan fingerprint density at radius 1 is 1.67 bits per heavy atom. The molecule has 12 heavy (non-hydrogen) atoms. The molecule has 1 aliphatic rings. The molecule has 0 amide bonds. The van der Waals surface area contributed by atoms with Gasteiger partial charge in [-0.3, -0.25) is 0 Å². The third-order valence-corrected chi connectivity index (χ3v) is 1.62. The summed E-state index contributed by atoms with van der Waals surface area (Å²) in [5, 5.41) is 12.0. The van der Waals surface area contributed by atoms with Gasteiger partial charge in [0.2, 0.25) is 0 Å². The second-order valence-corrected chi connectivity index (χ2v) is 2.56. The first-order valence-electron chi connectivity index (χ1n) is 3.42. The summed E-state index contributed by atoms with van der Waals surface area (Å²) in [6, 6.07) is 0. The Bertz CT molecular complexity index is 213. The lowest BCUT2D eigenvalue weighted by Gasteiger charge is -2.22. The van der Waals surface area contributed by atoms with E-state index in [0.29, 0.717) is 6.42 Å². The molecule has 1 heterocycles. The SMILES string of the molecule is CCC1=NOC(O)(C(F)(F)F)C1. The van der Waals surface area contributed by atoms with E-state index in [0.717, 1.165) is 0 Å². The fourth-order valence-corrected chi connectivity index (χ4v) is 0.823. The number of hydrogen-bond donors (Lipinski definition) is 1. The summed E-state index contributed by atoms with van der Waals surface area (Å²) in [7, 11) is 0. The molecular weight excluding hydrogens is 175 g/mol. The predicted molar refractivity (Wildman–Crippen MR) is 34.4 cm³/mol. The summed E-state index contributed by atoms with van der Waals surface area (Å²) in [6.07, 6.45) is -5.03. The number of aliphatic hydroxyl groups is 1. The monoisotopic (exact) mass is 183 g/mol. The largest absolute Gasteiger partial charge is 0.458 e. The highest BCUT2D eigenvalue weighted by Crippen LogP contribution is 2.38. The van der Waals surface area contributed by atoms with Crippen molar-refractivity contribution >= 4 is 5.71 Å². The highest BCUT2D eigenvalue weighted by molar-refractivity contribution is 5.85. The first kappa shape index (κ1) is 9.31. The van der Waals surface area contributed by atoms with Gasteiger partial charge in [0.25, 0.3) is 0 Å². The molecule has 0 aromatic carbocycles. The molecule has 70 valence electrons. The fraction of sp³-hybridized carbons (Fsp3) is 0.833. The molecule has 0 fully saturated rings. The van der Waals surface area contributed by atoms with Crippen molar-refractivity contribution in [3.63, 3.8) is 0 Å². The Morgan fingerprint density at radius 2 is 2.25 bits per heavy atom. The van der Waals surface area contributed by atoms with E-state index in [1.54, 1.807) is 6.92 Å². The summed E-state index contributed by atoms with van der Waals surface area (Å²) in [5.41, 5.74) is 0.217. The van der Waals surface area contributed by atoms with Gasteiger partial charge in [-0.2, -0.15) is 13.2 Å². The second kappa shape index (κ2) is 2.62. The van der Waals surface area contributed by atoms with E-state index < -0.39 is 18.4 Å². The van der Waals surface area contributed by atoms with Gasteiger partial charge in [0, 0.05) is 0 Å². The first-order chi connectivity index (χ1) is 5.39. The number of rotatable bonds is 1. The van der Waals surface area contributed by atoms with Crippen LogP contribution in [0, 0.1) is 0 Å². The van der Waals surface area contributed by atoms with Crippen molar-refractivity contribution in [2.45, 2.75) is 31.7 Å². The van der Waals surface area contributed by atoms with Crippen LogP contribution in [-0.2, 0) is 4.84 Å². The highest BCUT2D eigenvalue weighted by atomic mass is 19.4. The van der Waals surface area contributed by atoms with E-state index in [-0.39, 0.29) is 5.71 Å². The number of oxime groups is 1. The molecule has 1 unspecified atom stereocenters. The van der Waals surface area contributed by atoms with Gasteiger partial charge in [0.15, 0.2) is 0 Å². The lowest BCUT2D eigenvalue weighted by atomic mass is 10.1. The third kappa shape index (κ3) is 1.38. The summed E-state index contributed by atoms with van der Waals surface area (Å²) in [4.78, 5) is 3.93. The number of alkyl halides is 3. The van der Waals surface area contributed by atoms with Gasteiger partial charge >= 0.3 is 12.0 Å². The van der Waals surface area contributed by atoms with Crippen LogP contribution in [0.5, 0.6) is 0 Å². The molecule has 1 N–H and O–H groups in total. The molecule has 0 bridgehead atoms. The first-order valence-corrected chi connectivity index (χ1v) is 3.42. The van der Waals surface area contributed by atoms with Crippen LogP contribution in [0.4, 0.5) is 13.2 Å². The molecule has 0 aromatic rings. The average molecular weight is 183 g/mol. The zero-order valence-corrected chi connectivity index (χ0v) is 6.35. The Balaban J connectivity index is 2.70. The maximum Gasteiger partial charge on any atom is 0.458 e. The van der Waals surface area contributed by atoms with Crippen molar-refractivity contribution in [2.75, 3.05) is 0 Å². The maximum absolute atomic E-state index is 12.0. The van der Waals surface area contributed by atoms with Crippen molar-refractivity contribution in [3.8, 4) is 0 Å². The number of halogens is 3. The molecule has 1 aliphatic heterocycles. The topological polar surface area (TPSA) is 41.8 Å². The second-order valence-electron chi connectivity index (χ2n) is 2.56. The van der Waals surface area contributed by atoms with Crippen LogP contribution >= 0.6 is 0 Å². The van der Waals surface area contributed by atoms with Gasteiger partial charge in [0.05, 0.1) is 12.1 Å². The molecule has 3 nitrogen and oxygen atoms in total. The van der Waals surface area contributed by atoms with E-state index >= 15 is 0 Å². The number of nitrogens with zero attached hydrogens (tertiary/aromatic N) is 1. The Morgan fingerprint density at radius 3 is 2.50 bits per heavy atom. The molecule has 0 saturated heterocycles. The Hall–Kier alpha value is -0.780. The summed E-state index contributed by atoms with van der Waals surface area (Å²) in [5.74, 6) is -3.10. The molecule has 0 saturated carbocycles. The quantitative estimate of drug-likeness (QED) is 0.668. The summed E-state index contributed by atoms with van der Waals surface area (Å²) < 4.78 is 36.0. The minimum atomic E-state index is -4.78. The van der Waals surface area contributed by atoms with Crippen molar-refractivity contribution in [1.29, 1.82) is 0 Å². The van der Waals surface area contributed by atoms with Crippen LogP contribution in [-0.4, -0.2) is 22.8 Å². The molecule has 0 radical (unpaired) electrons. The fourth-order valence-electron chi connectivity index (χ4n) is 0.823. The van der Waals surface area contributed by atoms with Crippen molar-refractivity contribution in [2.24, 2.45) is 5.16 Å². The minimum absolute atomic E-state index is 0.217. The zero-order valence-electron chi connectivity index (χ0n) is 6.35. The zero-order chi connectivity index (χ0) is 9.41. The Kier molecular flexibility index (Phi) is 2.03. The van der Waals surface area contributed by atoms with E-state index in [9.17, 15) is 13.2 Å². The summed E-state index contributed by atoms with van der Waals surface area (Å²) >= 11 is 0. The van der Waals surface area contributed by atoms with Gasteiger partial charge in [-0.05, 0) is 6.42 Å². The van der Waals surface area contributed by atoms with E-state index in [2.05, 4.69) is 9.99 Å². The molecule has 0 aliphatic carbocycles. The molecule has 6 heteroatoms. The minimum Gasteiger partial charge on any atom is -0.350 e. The van der Waals surface area contributed by atoms with Crippen LogP contribution in [0.2, 0.25) is 0 Å². The number of hydrogen-bond acceptors (Lipinski definition) is 3. The van der Waals surface area contributed by atoms with E-state index in [4.69, 9.17) is 5.11 Å². The van der Waals surface area contributed by atoms with Crippen LogP contribution in [0.25, 0.3) is 0 Å². The van der Waals surface area contributed by atoms with Crippen LogP contribution in [0.3, 0.4) is 0 Å². The maximum atomic E-state index is 12.0. The van der Waals surface area contributed by atoms with Crippen molar-refractivity contribution in [3.05, 3.63) is 0 Å². The molecule has 1 atom stereocenters. The van der Waals surface area contributed by atoms with Gasteiger partial charge in [-0.15, -0.1) is 0 Å².